The van der Waals surface area contributed by atoms with E-state index >= 15 is 0 Å². The molecule has 0 radical (unpaired) electrons. The molecule has 0 spiro atoms. The fraction of sp³-hybridized carbons (Fsp3) is 0.286. The largest absolute Gasteiger partial charge is 0.478 e. The van der Waals surface area contributed by atoms with Crippen molar-refractivity contribution in [2.24, 2.45) is 0 Å². The average molecular weight is 276 g/mol. The molecule has 0 aliphatic carbocycles. The first kappa shape index (κ1) is 13.7. The first-order valence-corrected chi connectivity index (χ1v) is 7.47. The molecule has 100 valence electrons. The first-order valence-electron chi connectivity index (χ1n) is 6.08. The van der Waals surface area contributed by atoms with Crippen LogP contribution in [0.2, 0.25) is 0 Å². The van der Waals surface area contributed by atoms with Crippen LogP contribution in [0.25, 0.3) is 10.8 Å². The van der Waals surface area contributed by atoms with Crippen molar-refractivity contribution in [2.45, 2.75) is 6.42 Å². The summed E-state index contributed by atoms with van der Waals surface area (Å²) in [7, 11) is 0. The minimum atomic E-state index is -0.947. The molecular weight excluding hydrogens is 260 g/mol. The number of carboxylic acids is 1. The number of nitrogens with one attached hydrogen (secondary N) is 1. The third kappa shape index (κ3) is 3.17. The van der Waals surface area contributed by atoms with E-state index in [0.29, 0.717) is 0 Å². The van der Waals surface area contributed by atoms with Gasteiger partial charge in [0.2, 0.25) is 0 Å². The highest BCUT2D eigenvalue weighted by Crippen LogP contribution is 2.24. The maximum absolute atomic E-state index is 11.2. The van der Waals surface area contributed by atoms with Gasteiger partial charge in [0.05, 0.1) is 5.56 Å². The standard InChI is InChI=1S/C14H16N2O2S/c1-19-8-4-7-15-13-11-6-3-2-5-10(11)12(9-16-13)14(17)18/h2-3,5-6,9H,4,7-8H2,1H3,(H,15,16)(H,17,18). The zero-order valence-electron chi connectivity index (χ0n) is 10.7. The molecule has 1 aromatic heterocycles. The molecule has 0 saturated heterocycles. The van der Waals surface area contributed by atoms with Crippen molar-refractivity contribution < 1.29 is 9.90 Å². The fourth-order valence-electron chi connectivity index (χ4n) is 1.93. The van der Waals surface area contributed by atoms with Gasteiger partial charge in [-0.25, -0.2) is 9.78 Å². The van der Waals surface area contributed by atoms with Crippen molar-refractivity contribution in [1.29, 1.82) is 0 Å². The minimum Gasteiger partial charge on any atom is -0.478 e. The predicted molar refractivity (Wildman–Crippen MR) is 80.2 cm³/mol. The molecule has 0 atom stereocenters. The SMILES string of the molecule is CSCCCNc1ncc(C(=O)O)c2ccccc12. The van der Waals surface area contributed by atoms with Crippen LogP contribution in [0.1, 0.15) is 16.8 Å². The van der Waals surface area contributed by atoms with Gasteiger partial charge in [0.25, 0.3) is 0 Å². The summed E-state index contributed by atoms with van der Waals surface area (Å²) >= 11 is 1.81. The van der Waals surface area contributed by atoms with Crippen LogP contribution in [0, 0.1) is 0 Å². The number of benzene rings is 1. The first-order chi connectivity index (χ1) is 9.24. The summed E-state index contributed by atoms with van der Waals surface area (Å²) in [6, 6.07) is 7.44. The van der Waals surface area contributed by atoms with Crippen LogP contribution in [0.3, 0.4) is 0 Å². The molecule has 0 aliphatic heterocycles. The molecule has 1 aromatic carbocycles. The quantitative estimate of drug-likeness (QED) is 0.794. The number of pyridine rings is 1. The van der Waals surface area contributed by atoms with E-state index in [1.54, 1.807) is 0 Å². The van der Waals surface area contributed by atoms with Crippen LogP contribution in [0.5, 0.6) is 0 Å². The Kier molecular flexibility index (Phi) is 4.63. The van der Waals surface area contributed by atoms with Gasteiger partial charge in [-0.3, -0.25) is 0 Å². The zero-order chi connectivity index (χ0) is 13.7. The van der Waals surface area contributed by atoms with Crippen molar-refractivity contribution in [2.75, 3.05) is 23.9 Å². The number of nitrogens with zero attached hydrogens (tertiary/aromatic N) is 1. The van der Waals surface area contributed by atoms with Gasteiger partial charge in [-0.1, -0.05) is 24.3 Å². The van der Waals surface area contributed by atoms with Crippen molar-refractivity contribution in [3.63, 3.8) is 0 Å². The van der Waals surface area contributed by atoms with Crippen molar-refractivity contribution in [3.05, 3.63) is 36.0 Å². The number of carbonyl (C=O) groups is 1. The zero-order valence-corrected chi connectivity index (χ0v) is 11.5. The van der Waals surface area contributed by atoms with E-state index in [1.807, 2.05) is 36.0 Å². The molecule has 0 saturated carbocycles. The predicted octanol–water partition coefficient (Wildman–Crippen LogP) is 3.10. The Morgan fingerprint density at radius 1 is 1.37 bits per heavy atom. The third-order valence-corrected chi connectivity index (χ3v) is 3.54. The van der Waals surface area contributed by atoms with Crippen LogP contribution >= 0.6 is 11.8 Å². The number of anilines is 1. The van der Waals surface area contributed by atoms with Crippen LogP contribution in [-0.4, -0.2) is 34.6 Å². The summed E-state index contributed by atoms with van der Waals surface area (Å²) in [6.45, 7) is 0.838. The number of aromatic nitrogens is 1. The number of hydrogen-bond acceptors (Lipinski definition) is 4. The second kappa shape index (κ2) is 6.43. The molecule has 0 unspecified atom stereocenters. The molecule has 0 bridgehead atoms. The van der Waals surface area contributed by atoms with E-state index in [-0.39, 0.29) is 5.56 Å². The number of carboxylic acid groups (broad SMARTS) is 1. The van der Waals surface area contributed by atoms with Crippen LogP contribution < -0.4 is 5.32 Å². The number of aromatic carboxylic acids is 1. The Hall–Kier alpha value is -1.75. The summed E-state index contributed by atoms with van der Waals surface area (Å²) in [4.78, 5) is 15.4. The molecule has 19 heavy (non-hydrogen) atoms. The number of rotatable bonds is 6. The number of fused-ring (bicyclic) bond motifs is 1. The molecule has 2 aromatic rings. The van der Waals surface area contributed by atoms with E-state index in [0.717, 1.165) is 35.3 Å². The van der Waals surface area contributed by atoms with Crippen molar-refractivity contribution in [1.82, 2.24) is 4.98 Å². The summed E-state index contributed by atoms with van der Waals surface area (Å²) in [5.41, 5.74) is 0.241. The molecule has 1 heterocycles. The summed E-state index contributed by atoms with van der Waals surface area (Å²) < 4.78 is 0. The summed E-state index contributed by atoms with van der Waals surface area (Å²) in [5.74, 6) is 0.900. The van der Waals surface area contributed by atoms with Crippen molar-refractivity contribution >= 4 is 34.3 Å². The topological polar surface area (TPSA) is 62.2 Å². The monoisotopic (exact) mass is 276 g/mol. The average Bonchev–Trinajstić information content (AvgIpc) is 2.43. The van der Waals surface area contributed by atoms with Gasteiger partial charge in [0.1, 0.15) is 5.82 Å². The highest BCUT2D eigenvalue weighted by molar-refractivity contribution is 7.98. The van der Waals surface area contributed by atoms with E-state index < -0.39 is 5.97 Å². The molecule has 2 N–H and O–H groups in total. The van der Waals surface area contributed by atoms with Gasteiger partial charge in [0, 0.05) is 23.5 Å². The minimum absolute atomic E-state index is 0.241. The lowest BCUT2D eigenvalue weighted by molar-refractivity contribution is 0.0698. The third-order valence-electron chi connectivity index (χ3n) is 2.84. The van der Waals surface area contributed by atoms with E-state index in [2.05, 4.69) is 16.6 Å². The van der Waals surface area contributed by atoms with Gasteiger partial charge in [0.15, 0.2) is 0 Å². The lowest BCUT2D eigenvalue weighted by atomic mass is 10.1. The second-order valence-corrected chi connectivity index (χ2v) is 5.13. The van der Waals surface area contributed by atoms with E-state index in [9.17, 15) is 4.79 Å². The smallest absolute Gasteiger partial charge is 0.337 e. The highest BCUT2D eigenvalue weighted by atomic mass is 32.2. The van der Waals surface area contributed by atoms with Crippen LogP contribution in [-0.2, 0) is 0 Å². The second-order valence-electron chi connectivity index (χ2n) is 4.14. The lowest BCUT2D eigenvalue weighted by Gasteiger charge is -2.10. The maximum Gasteiger partial charge on any atom is 0.337 e. The van der Waals surface area contributed by atoms with Gasteiger partial charge in [-0.2, -0.15) is 11.8 Å². The van der Waals surface area contributed by atoms with Crippen molar-refractivity contribution in [3.8, 4) is 0 Å². The van der Waals surface area contributed by atoms with Crippen LogP contribution in [0.4, 0.5) is 5.82 Å². The molecule has 4 nitrogen and oxygen atoms in total. The van der Waals surface area contributed by atoms with Gasteiger partial charge < -0.3 is 10.4 Å². The number of thioether (sulfide) groups is 1. The Bertz CT molecular complexity index is 587. The Morgan fingerprint density at radius 3 is 2.79 bits per heavy atom. The number of hydrogen-bond donors (Lipinski definition) is 2. The maximum atomic E-state index is 11.2. The normalized spacial score (nSPS) is 10.6. The highest BCUT2D eigenvalue weighted by Gasteiger charge is 2.11. The van der Waals surface area contributed by atoms with Gasteiger partial charge >= 0.3 is 5.97 Å². The van der Waals surface area contributed by atoms with Gasteiger partial charge in [-0.05, 0) is 18.4 Å². The van der Waals surface area contributed by atoms with Gasteiger partial charge in [-0.15, -0.1) is 0 Å². The van der Waals surface area contributed by atoms with E-state index in [1.165, 1.54) is 6.20 Å². The molecule has 0 aliphatic rings. The lowest BCUT2D eigenvalue weighted by Crippen LogP contribution is -2.07. The van der Waals surface area contributed by atoms with E-state index in [4.69, 9.17) is 5.11 Å². The fourth-order valence-corrected chi connectivity index (χ4v) is 2.36. The summed E-state index contributed by atoms with van der Waals surface area (Å²) in [6.07, 6.45) is 4.55. The Labute approximate surface area is 116 Å². The summed E-state index contributed by atoms with van der Waals surface area (Å²) in [5, 5.41) is 14.0. The molecule has 0 amide bonds. The molecule has 5 heteroatoms. The Morgan fingerprint density at radius 2 is 2.11 bits per heavy atom. The molecule has 2 rings (SSSR count). The Balaban J connectivity index is 2.30. The molecular formula is C14H16N2O2S. The van der Waals surface area contributed by atoms with Crippen LogP contribution in [0.15, 0.2) is 30.5 Å². The molecule has 0 fully saturated rings.